The van der Waals surface area contributed by atoms with E-state index in [1.807, 2.05) is 7.05 Å². The summed E-state index contributed by atoms with van der Waals surface area (Å²) in [6.07, 6.45) is 1.95. The van der Waals surface area contributed by atoms with Crippen LogP contribution in [0.15, 0.2) is 36.9 Å². The molecule has 2 aliphatic rings. The first-order chi connectivity index (χ1) is 16.8. The van der Waals surface area contributed by atoms with Gasteiger partial charge in [0.25, 0.3) is 0 Å². The van der Waals surface area contributed by atoms with Gasteiger partial charge in [0.1, 0.15) is 17.1 Å². The van der Waals surface area contributed by atoms with E-state index in [0.717, 1.165) is 29.6 Å². The number of hydrogen-bond acceptors (Lipinski definition) is 5. The summed E-state index contributed by atoms with van der Waals surface area (Å²) in [6.45, 7) is 7.13. The third-order valence-electron chi connectivity index (χ3n) is 6.81. The van der Waals surface area contributed by atoms with Gasteiger partial charge in [-0.05, 0) is 31.3 Å². The minimum Gasteiger partial charge on any atom is -0.507 e. The van der Waals surface area contributed by atoms with Gasteiger partial charge in [0, 0.05) is 67.9 Å². The Kier molecular flexibility index (Phi) is 6.11. The van der Waals surface area contributed by atoms with E-state index in [1.54, 1.807) is 11.0 Å². The van der Waals surface area contributed by atoms with Gasteiger partial charge >= 0.3 is 0 Å². The maximum absolute atomic E-state index is 16.1. The van der Waals surface area contributed by atoms with Gasteiger partial charge in [0.15, 0.2) is 5.82 Å². The van der Waals surface area contributed by atoms with Gasteiger partial charge < -0.3 is 19.8 Å². The summed E-state index contributed by atoms with van der Waals surface area (Å²) in [5.41, 5.74) is 2.24. The Labute approximate surface area is 207 Å². The summed E-state index contributed by atoms with van der Waals surface area (Å²) >= 11 is 6.55. The van der Waals surface area contributed by atoms with Crippen LogP contribution in [0.2, 0.25) is 5.02 Å². The molecule has 1 saturated heterocycles. The van der Waals surface area contributed by atoms with Crippen LogP contribution in [-0.2, 0) is 17.8 Å². The van der Waals surface area contributed by atoms with Crippen LogP contribution in [0.25, 0.3) is 22.0 Å². The van der Waals surface area contributed by atoms with E-state index in [2.05, 4.69) is 21.4 Å². The molecule has 35 heavy (non-hydrogen) atoms. The Balaban J connectivity index is 1.71. The highest BCUT2D eigenvalue weighted by Gasteiger charge is 2.30. The van der Waals surface area contributed by atoms with E-state index >= 15 is 4.39 Å². The summed E-state index contributed by atoms with van der Waals surface area (Å²) in [4.78, 5) is 22.8. The lowest BCUT2D eigenvalue weighted by molar-refractivity contribution is -0.126. The van der Waals surface area contributed by atoms with Gasteiger partial charge in [0.05, 0.1) is 16.3 Å². The number of phenolic OH excluding ortho intramolecular Hbond substituents is 1. The van der Waals surface area contributed by atoms with Crippen LogP contribution >= 0.6 is 11.6 Å². The normalized spacial score (nSPS) is 16.5. The van der Waals surface area contributed by atoms with E-state index in [9.17, 15) is 14.3 Å². The van der Waals surface area contributed by atoms with E-state index in [1.165, 1.54) is 18.2 Å². The first-order valence-corrected chi connectivity index (χ1v) is 11.8. The third kappa shape index (κ3) is 4.00. The molecule has 9 heteroatoms. The van der Waals surface area contributed by atoms with Crippen molar-refractivity contribution < 1.29 is 18.7 Å². The number of hydrogen-bond donors (Lipinski definition) is 1. The first kappa shape index (κ1) is 23.5. The largest absolute Gasteiger partial charge is 0.507 e. The molecule has 0 unspecified atom stereocenters. The molecular weight excluding hydrogens is 474 g/mol. The monoisotopic (exact) mass is 498 g/mol. The first-order valence-electron chi connectivity index (χ1n) is 11.5. The standard InChI is InChI=1S/C26H25ClF2N4O2/c1-3-21(35)32-9-11-33(12-10-32)26-15-13-17(27)22(23-18(28)5-4-6-20(23)34)24(29)25(15)30-19-7-8-31(2)14-16(19)26/h3-6,13,34H,1,7-12,14H2,2H3. The van der Waals surface area contributed by atoms with Crippen LogP contribution in [-0.4, -0.2) is 65.6 Å². The molecule has 0 saturated carbocycles. The second-order valence-electron chi connectivity index (χ2n) is 8.97. The van der Waals surface area contributed by atoms with Crippen molar-refractivity contribution in [1.82, 2.24) is 14.8 Å². The zero-order valence-electron chi connectivity index (χ0n) is 19.3. The average Bonchev–Trinajstić information content (AvgIpc) is 2.84. The minimum absolute atomic E-state index is 0.0111. The Morgan fingerprint density at radius 2 is 1.91 bits per heavy atom. The molecule has 6 nitrogen and oxygen atoms in total. The number of amides is 1. The number of aromatic nitrogens is 1. The molecule has 182 valence electrons. The lowest BCUT2D eigenvalue weighted by Crippen LogP contribution is -2.49. The number of piperazine rings is 1. The van der Waals surface area contributed by atoms with Crippen molar-refractivity contribution in [2.75, 3.05) is 44.7 Å². The lowest BCUT2D eigenvalue weighted by atomic mass is 9.95. The number of fused-ring (bicyclic) bond motifs is 2. The van der Waals surface area contributed by atoms with Gasteiger partial charge in [-0.3, -0.25) is 4.79 Å². The molecule has 0 bridgehead atoms. The molecule has 0 radical (unpaired) electrons. The van der Waals surface area contributed by atoms with Crippen LogP contribution in [0.3, 0.4) is 0 Å². The van der Waals surface area contributed by atoms with Gasteiger partial charge in [-0.1, -0.05) is 24.2 Å². The highest BCUT2D eigenvalue weighted by Crippen LogP contribution is 2.44. The molecular formula is C26H25ClF2N4O2. The maximum Gasteiger partial charge on any atom is 0.246 e. The minimum atomic E-state index is -0.770. The van der Waals surface area contributed by atoms with E-state index in [-0.39, 0.29) is 27.6 Å². The van der Waals surface area contributed by atoms with E-state index in [0.29, 0.717) is 44.5 Å². The molecule has 0 spiro atoms. The molecule has 1 aromatic heterocycles. The molecule has 0 aliphatic carbocycles. The van der Waals surface area contributed by atoms with Gasteiger partial charge in [-0.25, -0.2) is 13.8 Å². The number of benzene rings is 2. The Morgan fingerprint density at radius 1 is 1.17 bits per heavy atom. The summed E-state index contributed by atoms with van der Waals surface area (Å²) in [6, 6.07) is 5.41. The zero-order valence-corrected chi connectivity index (χ0v) is 20.1. The molecule has 0 atom stereocenters. The van der Waals surface area contributed by atoms with Crippen molar-refractivity contribution in [3.05, 3.63) is 64.8 Å². The molecule has 1 N–H and O–H groups in total. The molecule has 2 aromatic carbocycles. The number of rotatable bonds is 3. The number of carbonyl (C=O) groups is 1. The molecule has 3 heterocycles. The number of carbonyl (C=O) groups excluding carboxylic acids is 1. The predicted octanol–water partition coefficient (Wildman–Crippen LogP) is 4.36. The van der Waals surface area contributed by atoms with Crippen LogP contribution in [0.1, 0.15) is 11.3 Å². The van der Waals surface area contributed by atoms with E-state index < -0.39 is 17.4 Å². The van der Waals surface area contributed by atoms with Crippen LogP contribution in [0, 0.1) is 11.6 Å². The second kappa shape index (κ2) is 9.09. The fourth-order valence-corrected chi connectivity index (χ4v) is 5.34. The smallest absolute Gasteiger partial charge is 0.246 e. The lowest BCUT2D eigenvalue weighted by Gasteiger charge is -2.39. The second-order valence-corrected chi connectivity index (χ2v) is 9.37. The molecule has 5 rings (SSSR count). The van der Waals surface area contributed by atoms with E-state index in [4.69, 9.17) is 11.6 Å². The molecule has 3 aromatic rings. The summed E-state index contributed by atoms with van der Waals surface area (Å²) in [5.74, 6) is -2.05. The van der Waals surface area contributed by atoms with Crippen molar-refractivity contribution in [1.29, 1.82) is 0 Å². The maximum atomic E-state index is 16.1. The summed E-state index contributed by atoms with van der Waals surface area (Å²) in [5, 5.41) is 10.8. The number of anilines is 1. The van der Waals surface area contributed by atoms with Gasteiger partial charge in [-0.2, -0.15) is 0 Å². The van der Waals surface area contributed by atoms with Crippen molar-refractivity contribution in [2.45, 2.75) is 13.0 Å². The third-order valence-corrected chi connectivity index (χ3v) is 7.11. The Bertz CT molecular complexity index is 1340. The number of phenols is 1. The summed E-state index contributed by atoms with van der Waals surface area (Å²) in [7, 11) is 2.02. The predicted molar refractivity (Wildman–Crippen MR) is 133 cm³/mol. The highest BCUT2D eigenvalue weighted by atomic mass is 35.5. The SMILES string of the molecule is C=CC(=O)N1CCN(c2c3c(nc4c(F)c(-c5c(O)cccc5F)c(Cl)cc24)CCN(C)C3)CC1. The topological polar surface area (TPSA) is 59.9 Å². The number of pyridine rings is 1. The quantitative estimate of drug-likeness (QED) is 0.544. The molecule has 2 aliphatic heterocycles. The van der Waals surface area contributed by atoms with Crippen molar-refractivity contribution in [3.8, 4) is 16.9 Å². The fourth-order valence-electron chi connectivity index (χ4n) is 5.05. The van der Waals surface area contributed by atoms with Crippen LogP contribution in [0.5, 0.6) is 5.75 Å². The number of likely N-dealkylation sites (N-methyl/N-ethyl adjacent to an activating group) is 1. The van der Waals surface area contributed by atoms with Crippen LogP contribution < -0.4 is 4.90 Å². The van der Waals surface area contributed by atoms with Gasteiger partial charge in [0.2, 0.25) is 5.91 Å². The average molecular weight is 499 g/mol. The number of halogens is 3. The fraction of sp³-hybridized carbons (Fsp3) is 0.308. The van der Waals surface area contributed by atoms with Crippen molar-refractivity contribution >= 4 is 34.1 Å². The Hall–Kier alpha value is -3.23. The highest BCUT2D eigenvalue weighted by molar-refractivity contribution is 6.34. The Morgan fingerprint density at radius 3 is 2.60 bits per heavy atom. The molecule has 1 amide bonds. The summed E-state index contributed by atoms with van der Waals surface area (Å²) < 4.78 is 30.7. The van der Waals surface area contributed by atoms with Crippen molar-refractivity contribution in [2.24, 2.45) is 0 Å². The van der Waals surface area contributed by atoms with Gasteiger partial charge in [-0.15, -0.1) is 0 Å². The van der Waals surface area contributed by atoms with Crippen molar-refractivity contribution in [3.63, 3.8) is 0 Å². The number of aromatic hydroxyl groups is 1. The number of nitrogens with zero attached hydrogens (tertiary/aromatic N) is 4. The van der Waals surface area contributed by atoms with Crippen LogP contribution in [0.4, 0.5) is 14.5 Å². The molecule has 1 fully saturated rings. The zero-order chi connectivity index (χ0) is 24.9.